The lowest BCUT2D eigenvalue weighted by atomic mass is 10.3. The second-order valence-electron chi connectivity index (χ2n) is 3.97. The maximum Gasteiger partial charge on any atom is 0.118 e. The number of unbranched alkanes of at least 4 members (excludes halogenated alkanes) is 1. The molecule has 0 aliphatic heterocycles. The van der Waals surface area contributed by atoms with Crippen molar-refractivity contribution in [2.24, 2.45) is 0 Å². The summed E-state index contributed by atoms with van der Waals surface area (Å²) >= 11 is 1.90. The molecule has 1 aromatic carbocycles. The summed E-state index contributed by atoms with van der Waals surface area (Å²) in [5.74, 6) is 2.08. The van der Waals surface area contributed by atoms with Crippen molar-refractivity contribution in [3.63, 3.8) is 0 Å². The summed E-state index contributed by atoms with van der Waals surface area (Å²) in [6.07, 6.45) is 2.45. The smallest absolute Gasteiger partial charge is 0.118 e. The van der Waals surface area contributed by atoms with Crippen molar-refractivity contribution in [1.29, 1.82) is 0 Å². The highest BCUT2D eigenvalue weighted by atomic mass is 32.2. The quantitative estimate of drug-likeness (QED) is 0.522. The number of hydrogen-bond acceptors (Lipinski definition) is 4. The molecule has 0 radical (unpaired) electrons. The molecule has 3 nitrogen and oxygen atoms in total. The van der Waals surface area contributed by atoms with E-state index in [1.165, 1.54) is 17.7 Å². The molecule has 1 rings (SSSR count). The lowest BCUT2D eigenvalue weighted by molar-refractivity contribution is 0.199. The number of rotatable bonds is 10. The zero-order valence-electron chi connectivity index (χ0n) is 11.3. The van der Waals surface area contributed by atoms with Crippen LogP contribution in [0, 0.1) is 0 Å². The van der Waals surface area contributed by atoms with Gasteiger partial charge >= 0.3 is 0 Å². The van der Waals surface area contributed by atoms with Crippen molar-refractivity contribution < 1.29 is 9.47 Å². The normalized spacial score (nSPS) is 10.6. The standard InChI is InChI=1S/C14H23NO2S/c1-16-11-10-15-9-3-4-12-18-14-7-5-13(17-2)6-8-14/h5-8,15H,3-4,9-12H2,1-2H3. The molecule has 0 aliphatic rings. The molecular weight excluding hydrogens is 246 g/mol. The Kier molecular flexibility index (Phi) is 8.73. The van der Waals surface area contributed by atoms with Crippen LogP contribution >= 0.6 is 11.8 Å². The molecule has 0 saturated carbocycles. The predicted molar refractivity (Wildman–Crippen MR) is 77.7 cm³/mol. The summed E-state index contributed by atoms with van der Waals surface area (Å²) < 4.78 is 10.1. The van der Waals surface area contributed by atoms with Crippen molar-refractivity contribution >= 4 is 11.8 Å². The fraction of sp³-hybridized carbons (Fsp3) is 0.571. The molecule has 0 fully saturated rings. The third-order valence-electron chi connectivity index (χ3n) is 2.56. The maximum atomic E-state index is 5.13. The van der Waals surface area contributed by atoms with Gasteiger partial charge in [-0.25, -0.2) is 0 Å². The number of benzene rings is 1. The van der Waals surface area contributed by atoms with Gasteiger partial charge in [0, 0.05) is 18.6 Å². The van der Waals surface area contributed by atoms with Crippen LogP contribution in [0.5, 0.6) is 5.75 Å². The van der Waals surface area contributed by atoms with Gasteiger partial charge in [-0.15, -0.1) is 11.8 Å². The molecule has 4 heteroatoms. The Morgan fingerprint density at radius 2 is 1.83 bits per heavy atom. The largest absolute Gasteiger partial charge is 0.497 e. The van der Waals surface area contributed by atoms with E-state index in [9.17, 15) is 0 Å². The zero-order valence-corrected chi connectivity index (χ0v) is 12.1. The van der Waals surface area contributed by atoms with Crippen LogP contribution in [0.1, 0.15) is 12.8 Å². The Morgan fingerprint density at radius 1 is 1.06 bits per heavy atom. The van der Waals surface area contributed by atoms with Crippen molar-refractivity contribution in [2.75, 3.05) is 39.7 Å². The van der Waals surface area contributed by atoms with Crippen molar-refractivity contribution in [1.82, 2.24) is 5.32 Å². The van der Waals surface area contributed by atoms with E-state index in [0.717, 1.165) is 31.2 Å². The minimum atomic E-state index is 0.792. The SMILES string of the molecule is COCCNCCCCSc1ccc(OC)cc1. The summed E-state index contributed by atoms with van der Waals surface area (Å²) in [6.45, 7) is 2.81. The molecule has 0 aromatic heterocycles. The molecule has 0 bridgehead atoms. The zero-order chi connectivity index (χ0) is 13.1. The van der Waals surface area contributed by atoms with Gasteiger partial charge in [0.05, 0.1) is 13.7 Å². The average molecular weight is 269 g/mol. The highest BCUT2D eigenvalue weighted by Crippen LogP contribution is 2.21. The first-order valence-corrected chi connectivity index (χ1v) is 7.32. The molecule has 18 heavy (non-hydrogen) atoms. The molecule has 0 heterocycles. The van der Waals surface area contributed by atoms with Gasteiger partial charge in [0.25, 0.3) is 0 Å². The lowest BCUT2D eigenvalue weighted by Gasteiger charge is -2.05. The molecule has 0 spiro atoms. The van der Waals surface area contributed by atoms with Crippen LogP contribution in [0.4, 0.5) is 0 Å². The molecule has 1 N–H and O–H groups in total. The van der Waals surface area contributed by atoms with E-state index < -0.39 is 0 Å². The molecule has 1 aromatic rings. The van der Waals surface area contributed by atoms with Gasteiger partial charge in [0.2, 0.25) is 0 Å². The van der Waals surface area contributed by atoms with Gasteiger partial charge in [0.1, 0.15) is 5.75 Å². The molecule has 0 atom stereocenters. The van der Waals surface area contributed by atoms with Gasteiger partial charge in [-0.2, -0.15) is 0 Å². The van der Waals surface area contributed by atoms with Crippen LogP contribution in [-0.4, -0.2) is 39.7 Å². The Bertz CT molecular complexity index is 303. The van der Waals surface area contributed by atoms with E-state index >= 15 is 0 Å². The predicted octanol–water partition coefficient (Wildman–Crippen LogP) is 2.80. The van der Waals surface area contributed by atoms with Crippen LogP contribution in [0.25, 0.3) is 0 Å². The molecule has 0 amide bonds. The monoisotopic (exact) mass is 269 g/mol. The molecule has 102 valence electrons. The third-order valence-corrected chi connectivity index (χ3v) is 3.66. The van der Waals surface area contributed by atoms with E-state index in [2.05, 4.69) is 17.4 Å². The summed E-state index contributed by atoms with van der Waals surface area (Å²) in [6, 6.07) is 8.24. The third kappa shape index (κ3) is 6.89. The van der Waals surface area contributed by atoms with Crippen LogP contribution in [-0.2, 0) is 4.74 Å². The maximum absolute atomic E-state index is 5.13. The Hall–Kier alpha value is -0.710. The Labute approximate surface area is 114 Å². The molecule has 0 aliphatic carbocycles. The van der Waals surface area contributed by atoms with Gasteiger partial charge in [0.15, 0.2) is 0 Å². The number of nitrogens with one attached hydrogen (secondary N) is 1. The van der Waals surface area contributed by atoms with Gasteiger partial charge in [-0.05, 0) is 49.4 Å². The first kappa shape index (κ1) is 15.3. The van der Waals surface area contributed by atoms with E-state index in [-0.39, 0.29) is 0 Å². The van der Waals surface area contributed by atoms with Crippen LogP contribution in [0.2, 0.25) is 0 Å². The lowest BCUT2D eigenvalue weighted by Crippen LogP contribution is -2.20. The minimum Gasteiger partial charge on any atom is -0.497 e. The van der Waals surface area contributed by atoms with Crippen molar-refractivity contribution in [3.05, 3.63) is 24.3 Å². The number of hydrogen-bond donors (Lipinski definition) is 1. The number of methoxy groups -OCH3 is 2. The second kappa shape index (κ2) is 10.2. The van der Waals surface area contributed by atoms with Crippen LogP contribution in [0.3, 0.4) is 0 Å². The van der Waals surface area contributed by atoms with Crippen molar-refractivity contribution in [2.45, 2.75) is 17.7 Å². The average Bonchev–Trinajstić information content (AvgIpc) is 2.42. The highest BCUT2D eigenvalue weighted by molar-refractivity contribution is 7.99. The van der Waals surface area contributed by atoms with Crippen LogP contribution < -0.4 is 10.1 Å². The number of thioether (sulfide) groups is 1. The number of ether oxygens (including phenoxy) is 2. The summed E-state index contributed by atoms with van der Waals surface area (Å²) in [7, 11) is 3.42. The van der Waals surface area contributed by atoms with E-state index in [4.69, 9.17) is 9.47 Å². The van der Waals surface area contributed by atoms with Gasteiger partial charge in [-0.3, -0.25) is 0 Å². The topological polar surface area (TPSA) is 30.5 Å². The van der Waals surface area contributed by atoms with Crippen LogP contribution in [0.15, 0.2) is 29.2 Å². The summed E-state index contributed by atoms with van der Waals surface area (Å²) in [5, 5.41) is 3.35. The van der Waals surface area contributed by atoms with Gasteiger partial charge in [-0.1, -0.05) is 0 Å². The molecular formula is C14H23NO2S. The first-order chi connectivity index (χ1) is 8.86. The Morgan fingerprint density at radius 3 is 2.50 bits per heavy atom. The molecule has 0 unspecified atom stereocenters. The summed E-state index contributed by atoms with van der Waals surface area (Å²) in [4.78, 5) is 1.31. The van der Waals surface area contributed by atoms with Crippen molar-refractivity contribution in [3.8, 4) is 5.75 Å². The van der Waals surface area contributed by atoms with E-state index in [1.807, 2.05) is 23.9 Å². The van der Waals surface area contributed by atoms with Gasteiger partial charge < -0.3 is 14.8 Å². The van der Waals surface area contributed by atoms with E-state index in [0.29, 0.717) is 0 Å². The molecule has 0 saturated heterocycles. The summed E-state index contributed by atoms with van der Waals surface area (Å²) in [5.41, 5.74) is 0. The second-order valence-corrected chi connectivity index (χ2v) is 5.14. The minimum absolute atomic E-state index is 0.792. The van der Waals surface area contributed by atoms with E-state index in [1.54, 1.807) is 14.2 Å². The fourth-order valence-electron chi connectivity index (χ4n) is 1.51. The Balaban J connectivity index is 2.00. The fourth-order valence-corrected chi connectivity index (χ4v) is 2.43. The first-order valence-electron chi connectivity index (χ1n) is 6.33. The highest BCUT2D eigenvalue weighted by Gasteiger charge is 1.95.